The van der Waals surface area contributed by atoms with Gasteiger partial charge in [0.2, 0.25) is 0 Å². The molecule has 2 aromatic rings. The minimum Gasteiger partial charge on any atom is -0.378 e. The van der Waals surface area contributed by atoms with E-state index in [0.29, 0.717) is 5.75 Å². The number of rotatable bonds is 3. The Bertz CT molecular complexity index is 671. The number of aryl methyl sites for hydroxylation is 2. The minimum absolute atomic E-state index is 0.137. The molecule has 0 radical (unpaired) electrons. The van der Waals surface area contributed by atoms with Crippen LogP contribution in [-0.2, 0) is 10.1 Å². The van der Waals surface area contributed by atoms with Crippen LogP contribution < -0.4 is 4.18 Å². The highest BCUT2D eigenvalue weighted by atomic mass is 79.9. The number of halogens is 1. The summed E-state index contributed by atoms with van der Waals surface area (Å²) < 4.78 is 30.4. The van der Waals surface area contributed by atoms with Gasteiger partial charge in [0, 0.05) is 4.47 Å². The Balaban J connectivity index is 2.39. The average molecular weight is 341 g/mol. The van der Waals surface area contributed by atoms with E-state index in [0.717, 1.165) is 15.6 Å². The quantitative estimate of drug-likeness (QED) is 0.797. The van der Waals surface area contributed by atoms with Crippen molar-refractivity contribution in [2.45, 2.75) is 18.7 Å². The third-order valence-corrected chi connectivity index (χ3v) is 4.47. The second-order valence-corrected chi connectivity index (χ2v) is 6.67. The van der Waals surface area contributed by atoms with E-state index in [4.69, 9.17) is 4.18 Å². The van der Waals surface area contributed by atoms with Crippen LogP contribution in [0.15, 0.2) is 51.8 Å². The SMILES string of the molecule is Cc1cccc(C)c1OS(=O)(=O)c1ccc(Br)cc1. The highest BCUT2D eigenvalue weighted by Crippen LogP contribution is 2.26. The summed E-state index contributed by atoms with van der Waals surface area (Å²) in [7, 11) is -3.80. The van der Waals surface area contributed by atoms with Gasteiger partial charge in [0.05, 0.1) is 0 Å². The Hall–Kier alpha value is -1.33. The van der Waals surface area contributed by atoms with Gasteiger partial charge in [0.1, 0.15) is 10.6 Å². The van der Waals surface area contributed by atoms with Gasteiger partial charge in [-0.3, -0.25) is 0 Å². The molecular formula is C14H13BrO3S. The van der Waals surface area contributed by atoms with Crippen molar-refractivity contribution in [1.82, 2.24) is 0 Å². The lowest BCUT2D eigenvalue weighted by Crippen LogP contribution is -2.11. The van der Waals surface area contributed by atoms with Gasteiger partial charge in [-0.05, 0) is 49.2 Å². The fourth-order valence-electron chi connectivity index (χ4n) is 1.69. The summed E-state index contributed by atoms with van der Waals surface area (Å²) in [4.78, 5) is 0.137. The lowest BCUT2D eigenvalue weighted by atomic mass is 10.1. The van der Waals surface area contributed by atoms with Gasteiger partial charge in [0.15, 0.2) is 0 Å². The normalized spacial score (nSPS) is 11.3. The van der Waals surface area contributed by atoms with Gasteiger partial charge < -0.3 is 4.18 Å². The first-order valence-electron chi connectivity index (χ1n) is 5.66. The zero-order valence-corrected chi connectivity index (χ0v) is 13.0. The Morgan fingerprint density at radius 2 is 1.47 bits per heavy atom. The molecule has 0 aliphatic heterocycles. The Kier molecular flexibility index (Phi) is 3.96. The fourth-order valence-corrected chi connectivity index (χ4v) is 3.00. The van der Waals surface area contributed by atoms with Gasteiger partial charge in [-0.1, -0.05) is 34.1 Å². The van der Waals surface area contributed by atoms with Crippen LogP contribution in [-0.4, -0.2) is 8.42 Å². The molecule has 100 valence electrons. The maximum Gasteiger partial charge on any atom is 0.339 e. The van der Waals surface area contributed by atoms with Crippen molar-refractivity contribution < 1.29 is 12.6 Å². The molecule has 0 unspecified atom stereocenters. The second-order valence-electron chi connectivity index (χ2n) is 4.21. The molecule has 0 saturated carbocycles. The maximum atomic E-state index is 12.2. The summed E-state index contributed by atoms with van der Waals surface area (Å²) in [5.41, 5.74) is 1.58. The fraction of sp³-hybridized carbons (Fsp3) is 0.143. The molecule has 0 heterocycles. The molecule has 3 nitrogen and oxygen atoms in total. The third-order valence-electron chi connectivity index (χ3n) is 2.70. The van der Waals surface area contributed by atoms with Crippen LogP contribution >= 0.6 is 15.9 Å². The first-order valence-corrected chi connectivity index (χ1v) is 7.86. The van der Waals surface area contributed by atoms with Crippen molar-refractivity contribution >= 4 is 26.0 Å². The molecule has 0 bridgehead atoms. The molecule has 0 aromatic heterocycles. The van der Waals surface area contributed by atoms with E-state index >= 15 is 0 Å². The number of hydrogen-bond donors (Lipinski definition) is 0. The standard InChI is InChI=1S/C14H13BrO3S/c1-10-4-3-5-11(2)14(10)18-19(16,17)13-8-6-12(15)7-9-13/h3-9H,1-2H3. The smallest absolute Gasteiger partial charge is 0.339 e. The lowest BCUT2D eigenvalue weighted by Gasteiger charge is -2.11. The summed E-state index contributed by atoms with van der Waals surface area (Å²) >= 11 is 3.27. The van der Waals surface area contributed by atoms with Crippen LogP contribution in [0.4, 0.5) is 0 Å². The zero-order chi connectivity index (χ0) is 14.0. The highest BCUT2D eigenvalue weighted by molar-refractivity contribution is 9.10. The Labute approximate surface area is 121 Å². The largest absolute Gasteiger partial charge is 0.378 e. The minimum atomic E-state index is -3.80. The molecular weight excluding hydrogens is 328 g/mol. The van der Waals surface area contributed by atoms with E-state index in [9.17, 15) is 8.42 Å². The lowest BCUT2D eigenvalue weighted by molar-refractivity contribution is 0.482. The van der Waals surface area contributed by atoms with Crippen molar-refractivity contribution in [2.75, 3.05) is 0 Å². The molecule has 0 spiro atoms. The predicted molar refractivity (Wildman–Crippen MR) is 77.9 cm³/mol. The molecule has 0 amide bonds. The predicted octanol–water partition coefficient (Wildman–Crippen LogP) is 3.83. The average Bonchev–Trinajstić information content (AvgIpc) is 2.35. The van der Waals surface area contributed by atoms with Gasteiger partial charge in [-0.2, -0.15) is 8.42 Å². The van der Waals surface area contributed by atoms with Crippen molar-refractivity contribution in [1.29, 1.82) is 0 Å². The van der Waals surface area contributed by atoms with Crippen LogP contribution in [0.1, 0.15) is 11.1 Å². The van der Waals surface area contributed by atoms with Crippen molar-refractivity contribution in [3.8, 4) is 5.75 Å². The summed E-state index contributed by atoms with van der Waals surface area (Å²) in [6, 6.07) is 11.9. The summed E-state index contributed by atoms with van der Waals surface area (Å²) in [6.07, 6.45) is 0. The summed E-state index contributed by atoms with van der Waals surface area (Å²) in [6.45, 7) is 3.64. The van der Waals surface area contributed by atoms with Crippen LogP contribution in [0.5, 0.6) is 5.75 Å². The van der Waals surface area contributed by atoms with Crippen molar-refractivity contribution in [3.05, 3.63) is 58.1 Å². The topological polar surface area (TPSA) is 43.4 Å². The highest BCUT2D eigenvalue weighted by Gasteiger charge is 2.18. The summed E-state index contributed by atoms with van der Waals surface area (Å²) in [5.74, 6) is 0.394. The van der Waals surface area contributed by atoms with E-state index in [1.165, 1.54) is 12.1 Å². The van der Waals surface area contributed by atoms with E-state index in [1.54, 1.807) is 12.1 Å². The first-order chi connectivity index (χ1) is 8.90. The second kappa shape index (κ2) is 5.35. The van der Waals surface area contributed by atoms with E-state index < -0.39 is 10.1 Å². The monoisotopic (exact) mass is 340 g/mol. The van der Waals surface area contributed by atoms with Crippen LogP contribution in [0.2, 0.25) is 0 Å². The van der Waals surface area contributed by atoms with Gasteiger partial charge >= 0.3 is 10.1 Å². The van der Waals surface area contributed by atoms with Gasteiger partial charge in [-0.15, -0.1) is 0 Å². The van der Waals surface area contributed by atoms with Gasteiger partial charge in [0.25, 0.3) is 0 Å². The molecule has 0 aliphatic rings. The van der Waals surface area contributed by atoms with Crippen molar-refractivity contribution in [2.24, 2.45) is 0 Å². The van der Waals surface area contributed by atoms with E-state index in [2.05, 4.69) is 15.9 Å². The van der Waals surface area contributed by atoms with E-state index in [-0.39, 0.29) is 4.90 Å². The first kappa shape index (κ1) is 14.1. The van der Waals surface area contributed by atoms with Crippen LogP contribution in [0.25, 0.3) is 0 Å². The third kappa shape index (κ3) is 3.16. The van der Waals surface area contributed by atoms with Crippen LogP contribution in [0, 0.1) is 13.8 Å². The molecule has 0 N–H and O–H groups in total. The molecule has 0 aliphatic carbocycles. The summed E-state index contributed by atoms with van der Waals surface area (Å²) in [5, 5.41) is 0. The molecule has 2 aromatic carbocycles. The Morgan fingerprint density at radius 3 is 2.00 bits per heavy atom. The van der Waals surface area contributed by atoms with E-state index in [1.807, 2.05) is 32.0 Å². The molecule has 0 saturated heterocycles. The number of hydrogen-bond acceptors (Lipinski definition) is 3. The van der Waals surface area contributed by atoms with Gasteiger partial charge in [-0.25, -0.2) is 0 Å². The van der Waals surface area contributed by atoms with Crippen LogP contribution in [0.3, 0.4) is 0 Å². The molecule has 19 heavy (non-hydrogen) atoms. The molecule has 0 fully saturated rings. The number of para-hydroxylation sites is 1. The van der Waals surface area contributed by atoms with Crippen molar-refractivity contribution in [3.63, 3.8) is 0 Å². The Morgan fingerprint density at radius 1 is 0.947 bits per heavy atom. The molecule has 0 atom stereocenters. The number of benzene rings is 2. The molecule has 2 rings (SSSR count). The maximum absolute atomic E-state index is 12.2. The zero-order valence-electron chi connectivity index (χ0n) is 10.6. The molecule has 5 heteroatoms.